The van der Waals surface area contributed by atoms with Crippen LogP contribution in [0.25, 0.3) is 0 Å². The second-order valence-corrected chi connectivity index (χ2v) is 4.55. The zero-order valence-electron chi connectivity index (χ0n) is 8.37. The quantitative estimate of drug-likeness (QED) is 0.740. The second kappa shape index (κ2) is 2.50. The maximum atomic E-state index is 11.3. The van der Waals surface area contributed by atoms with Crippen molar-refractivity contribution in [3.63, 3.8) is 0 Å². The molecule has 2 rings (SSSR count). The van der Waals surface area contributed by atoms with Gasteiger partial charge in [0.15, 0.2) is 0 Å². The molecule has 0 aliphatic heterocycles. The Morgan fingerprint density at radius 2 is 2.38 bits per heavy atom. The van der Waals surface area contributed by atoms with E-state index in [4.69, 9.17) is 0 Å². The van der Waals surface area contributed by atoms with Gasteiger partial charge in [-0.2, -0.15) is 0 Å². The smallest absolute Gasteiger partial charge is 0.313 e. The van der Waals surface area contributed by atoms with Crippen molar-refractivity contribution in [3.8, 4) is 0 Å². The van der Waals surface area contributed by atoms with Crippen molar-refractivity contribution in [3.05, 3.63) is 22.9 Å². The average Bonchev–Trinajstić information content (AvgIpc) is 2.55. The van der Waals surface area contributed by atoms with E-state index in [-0.39, 0.29) is 5.69 Å². The molecule has 1 aromatic heterocycles. The van der Waals surface area contributed by atoms with Crippen LogP contribution in [0.3, 0.4) is 0 Å². The third-order valence-corrected chi connectivity index (χ3v) is 3.57. The fourth-order valence-corrected chi connectivity index (χ4v) is 1.97. The molecule has 0 amide bonds. The van der Waals surface area contributed by atoms with Gasteiger partial charge in [0, 0.05) is 18.4 Å². The van der Waals surface area contributed by atoms with E-state index in [1.54, 1.807) is 6.20 Å². The minimum atomic E-state index is 0.0226. The minimum Gasteiger partial charge on any atom is -0.313 e. The molecule has 0 bridgehead atoms. The number of rotatable bonds is 2. The first kappa shape index (κ1) is 8.60. The largest absolute Gasteiger partial charge is 0.325 e. The topological polar surface area (TPSA) is 37.8 Å². The van der Waals surface area contributed by atoms with Gasteiger partial charge >= 0.3 is 5.69 Å². The zero-order valence-corrected chi connectivity index (χ0v) is 8.37. The van der Waals surface area contributed by atoms with E-state index in [1.165, 1.54) is 0 Å². The lowest BCUT2D eigenvalue weighted by molar-refractivity contribution is 0.353. The molecule has 1 N–H and O–H groups in total. The Morgan fingerprint density at radius 3 is 2.77 bits per heavy atom. The van der Waals surface area contributed by atoms with E-state index in [2.05, 4.69) is 25.8 Å². The van der Waals surface area contributed by atoms with Crippen LogP contribution in [0.15, 0.2) is 17.2 Å². The van der Waals surface area contributed by atoms with Crippen molar-refractivity contribution in [2.24, 2.45) is 11.3 Å². The molecule has 13 heavy (non-hydrogen) atoms. The first-order valence-electron chi connectivity index (χ1n) is 4.81. The molecule has 0 saturated heterocycles. The summed E-state index contributed by atoms with van der Waals surface area (Å²) in [6.07, 6.45) is 4.68. The summed E-state index contributed by atoms with van der Waals surface area (Å²) in [4.78, 5) is 14.0. The summed E-state index contributed by atoms with van der Waals surface area (Å²) in [5, 5.41) is 0. The molecule has 2 atom stereocenters. The molecule has 3 nitrogen and oxygen atoms in total. The molecule has 0 spiro atoms. The lowest BCUT2D eigenvalue weighted by Crippen LogP contribution is -2.19. The molecule has 1 aromatic rings. The maximum Gasteiger partial charge on any atom is 0.325 e. The molecule has 1 fully saturated rings. The van der Waals surface area contributed by atoms with Crippen LogP contribution in [0.5, 0.6) is 0 Å². The SMILES string of the molecule is CC(C)C1(C)CC1n1cc[nH]c1=O. The van der Waals surface area contributed by atoms with E-state index < -0.39 is 0 Å². The Hall–Kier alpha value is -0.990. The highest BCUT2D eigenvalue weighted by Gasteiger charge is 2.53. The first-order valence-corrected chi connectivity index (χ1v) is 4.81. The molecule has 1 aliphatic rings. The van der Waals surface area contributed by atoms with Crippen LogP contribution in [0.2, 0.25) is 0 Å². The molecule has 1 aliphatic carbocycles. The average molecular weight is 180 g/mol. The molecule has 2 unspecified atom stereocenters. The molecular formula is C10H16N2O. The summed E-state index contributed by atoms with van der Waals surface area (Å²) < 4.78 is 1.82. The third-order valence-electron chi connectivity index (χ3n) is 3.57. The van der Waals surface area contributed by atoms with Crippen molar-refractivity contribution in [2.75, 3.05) is 0 Å². The number of aromatic nitrogens is 2. The number of H-pyrrole nitrogens is 1. The van der Waals surface area contributed by atoms with E-state index in [9.17, 15) is 4.79 Å². The van der Waals surface area contributed by atoms with Crippen molar-refractivity contribution in [1.29, 1.82) is 0 Å². The summed E-state index contributed by atoms with van der Waals surface area (Å²) in [6, 6.07) is 0.409. The van der Waals surface area contributed by atoms with Gasteiger partial charge < -0.3 is 4.98 Å². The van der Waals surface area contributed by atoms with Gasteiger partial charge in [-0.05, 0) is 17.8 Å². The Labute approximate surface area is 77.8 Å². The number of hydrogen-bond donors (Lipinski definition) is 1. The van der Waals surface area contributed by atoms with Gasteiger partial charge in [0.05, 0.1) is 0 Å². The number of nitrogens with zero attached hydrogens (tertiary/aromatic N) is 1. The summed E-state index contributed by atoms with van der Waals surface area (Å²) in [6.45, 7) is 6.69. The van der Waals surface area contributed by atoms with Gasteiger partial charge in [-0.25, -0.2) is 4.79 Å². The van der Waals surface area contributed by atoms with Crippen molar-refractivity contribution >= 4 is 0 Å². The van der Waals surface area contributed by atoms with E-state index in [0.717, 1.165) is 6.42 Å². The number of nitrogens with one attached hydrogen (secondary N) is 1. The number of hydrogen-bond acceptors (Lipinski definition) is 1. The molecule has 1 saturated carbocycles. The molecule has 3 heteroatoms. The predicted octanol–water partition coefficient (Wildman–Crippen LogP) is 1.78. The van der Waals surface area contributed by atoms with Gasteiger partial charge in [-0.15, -0.1) is 0 Å². The zero-order chi connectivity index (χ0) is 9.64. The van der Waals surface area contributed by atoms with Crippen LogP contribution >= 0.6 is 0 Å². The van der Waals surface area contributed by atoms with Crippen molar-refractivity contribution in [1.82, 2.24) is 9.55 Å². The fourth-order valence-electron chi connectivity index (χ4n) is 1.97. The highest BCUT2D eigenvalue weighted by Crippen LogP contribution is 2.60. The van der Waals surface area contributed by atoms with Crippen molar-refractivity contribution < 1.29 is 0 Å². The normalized spacial score (nSPS) is 32.5. The Bertz CT molecular complexity index is 363. The van der Waals surface area contributed by atoms with Crippen LogP contribution < -0.4 is 5.69 Å². The first-order chi connectivity index (χ1) is 6.05. The Balaban J connectivity index is 2.25. The predicted molar refractivity (Wildman–Crippen MR) is 51.7 cm³/mol. The molecule has 0 radical (unpaired) electrons. The van der Waals surface area contributed by atoms with Gasteiger partial charge in [0.1, 0.15) is 0 Å². The van der Waals surface area contributed by atoms with E-state index >= 15 is 0 Å². The monoisotopic (exact) mass is 180 g/mol. The molecule has 72 valence electrons. The van der Waals surface area contributed by atoms with Gasteiger partial charge in [0.2, 0.25) is 0 Å². The van der Waals surface area contributed by atoms with Gasteiger partial charge in [-0.1, -0.05) is 20.8 Å². The Kier molecular flexibility index (Phi) is 1.65. The Morgan fingerprint density at radius 1 is 1.69 bits per heavy atom. The number of aromatic amines is 1. The van der Waals surface area contributed by atoms with Crippen LogP contribution in [-0.4, -0.2) is 9.55 Å². The third kappa shape index (κ3) is 1.14. The van der Waals surface area contributed by atoms with E-state index in [1.807, 2.05) is 10.8 Å². The fraction of sp³-hybridized carbons (Fsp3) is 0.700. The lowest BCUT2D eigenvalue weighted by Gasteiger charge is -2.15. The van der Waals surface area contributed by atoms with Crippen LogP contribution in [0, 0.1) is 11.3 Å². The van der Waals surface area contributed by atoms with Crippen LogP contribution in [0.4, 0.5) is 0 Å². The standard InChI is InChI=1S/C10H16N2O/c1-7(2)10(3)6-8(10)12-5-4-11-9(12)13/h4-5,7-8H,6H2,1-3H3,(H,11,13). The highest BCUT2D eigenvalue weighted by atomic mass is 16.1. The summed E-state index contributed by atoms with van der Waals surface area (Å²) in [5.74, 6) is 0.638. The van der Waals surface area contributed by atoms with Gasteiger partial charge in [0.25, 0.3) is 0 Å². The molecular weight excluding hydrogens is 164 g/mol. The maximum absolute atomic E-state index is 11.3. The summed E-state index contributed by atoms with van der Waals surface area (Å²) in [5.41, 5.74) is 0.348. The van der Waals surface area contributed by atoms with Crippen LogP contribution in [0.1, 0.15) is 33.2 Å². The molecule has 1 heterocycles. The number of imidazole rings is 1. The van der Waals surface area contributed by atoms with Crippen molar-refractivity contribution in [2.45, 2.75) is 33.2 Å². The highest BCUT2D eigenvalue weighted by molar-refractivity contribution is 5.06. The van der Waals surface area contributed by atoms with E-state index in [0.29, 0.717) is 17.4 Å². The lowest BCUT2D eigenvalue weighted by atomic mass is 9.94. The van der Waals surface area contributed by atoms with Crippen LogP contribution in [-0.2, 0) is 0 Å². The summed E-state index contributed by atoms with van der Waals surface area (Å²) >= 11 is 0. The van der Waals surface area contributed by atoms with Gasteiger partial charge in [-0.3, -0.25) is 4.57 Å². The molecule has 0 aromatic carbocycles. The minimum absolute atomic E-state index is 0.0226. The summed E-state index contributed by atoms with van der Waals surface area (Å²) in [7, 11) is 0. The second-order valence-electron chi connectivity index (χ2n) is 4.55.